The second-order valence-electron chi connectivity index (χ2n) is 6.87. The number of aromatic nitrogens is 1. The molecule has 1 aliphatic rings. The van der Waals surface area contributed by atoms with Crippen LogP contribution in [-0.4, -0.2) is 10.8 Å². The number of thiazole rings is 1. The molecule has 5 rings (SSSR count). The molecular formula is C25H10N4O2S. The Morgan fingerprint density at radius 1 is 1.12 bits per heavy atom. The van der Waals surface area contributed by atoms with Crippen molar-refractivity contribution in [1.29, 1.82) is 5.26 Å². The van der Waals surface area contributed by atoms with Crippen LogP contribution in [0.25, 0.3) is 43.1 Å². The lowest BCUT2D eigenvalue weighted by Crippen LogP contribution is -1.95. The smallest absolute Gasteiger partial charge is 0.270 e. The van der Waals surface area contributed by atoms with Crippen LogP contribution in [-0.2, 0) is 0 Å². The highest BCUT2D eigenvalue weighted by Gasteiger charge is 2.32. The molecule has 0 atom stereocenters. The van der Waals surface area contributed by atoms with E-state index in [-0.39, 0.29) is 17.1 Å². The molecule has 4 aromatic rings. The number of rotatable bonds is 2. The van der Waals surface area contributed by atoms with Crippen molar-refractivity contribution in [2.45, 2.75) is 0 Å². The van der Waals surface area contributed by atoms with E-state index in [0.717, 1.165) is 10.3 Å². The van der Waals surface area contributed by atoms with E-state index in [1.165, 1.54) is 11.3 Å². The zero-order valence-corrected chi connectivity index (χ0v) is 17.1. The van der Waals surface area contributed by atoms with Gasteiger partial charge in [-0.25, -0.2) is 19.9 Å². The van der Waals surface area contributed by atoms with Gasteiger partial charge in [0.05, 0.1) is 23.9 Å². The van der Waals surface area contributed by atoms with Gasteiger partial charge in [0.2, 0.25) is 5.71 Å². The van der Waals surface area contributed by atoms with Crippen LogP contribution >= 0.6 is 11.3 Å². The maximum atomic E-state index is 13.0. The first-order chi connectivity index (χ1) is 15.6. The molecule has 7 heteroatoms. The molecule has 6 nitrogen and oxygen atoms in total. The molecule has 2 aromatic carbocycles. The summed E-state index contributed by atoms with van der Waals surface area (Å²) < 4.78 is 6.68. The number of benzene rings is 2. The number of carbonyl (C=O) groups is 1. The van der Waals surface area contributed by atoms with Crippen LogP contribution in [0, 0.1) is 24.5 Å². The van der Waals surface area contributed by atoms with Crippen molar-refractivity contribution in [2.75, 3.05) is 0 Å². The van der Waals surface area contributed by atoms with Crippen LogP contribution in [0.3, 0.4) is 0 Å². The molecule has 0 aliphatic heterocycles. The summed E-state index contributed by atoms with van der Waals surface area (Å²) in [5.74, 6) is 0.401. The third-order valence-electron chi connectivity index (χ3n) is 5.06. The summed E-state index contributed by atoms with van der Waals surface area (Å²) in [5, 5.41) is 9.98. The number of fused-ring (bicyclic) bond motifs is 2. The lowest BCUT2D eigenvalue weighted by Gasteiger charge is -2.01. The molecule has 2 heterocycles. The van der Waals surface area contributed by atoms with Crippen LogP contribution in [0.1, 0.15) is 20.9 Å². The quantitative estimate of drug-likeness (QED) is 0.205. The zero-order chi connectivity index (χ0) is 22.2. The highest BCUT2D eigenvalue weighted by molar-refractivity contribution is 7.19. The van der Waals surface area contributed by atoms with Gasteiger partial charge in [-0.2, -0.15) is 0 Å². The van der Waals surface area contributed by atoms with Crippen LogP contribution in [0.4, 0.5) is 5.69 Å². The molecule has 0 radical (unpaired) electrons. The number of ketones is 1. The van der Waals surface area contributed by atoms with Gasteiger partial charge in [-0.15, -0.1) is 11.3 Å². The minimum atomic E-state index is -0.237. The topological polar surface area (TPSA) is 75.6 Å². The Labute approximate surface area is 186 Å². The number of Topliss-reactive ketones (excluding diaryl/α,β-unsaturated/α-hetero) is 1. The summed E-state index contributed by atoms with van der Waals surface area (Å²) >= 11 is 1.35. The molecule has 0 saturated carbocycles. The van der Waals surface area contributed by atoms with Crippen molar-refractivity contribution in [3.63, 3.8) is 0 Å². The zero-order valence-electron chi connectivity index (χ0n) is 16.3. The average Bonchev–Trinajstić information content (AvgIpc) is 3.47. The van der Waals surface area contributed by atoms with Crippen molar-refractivity contribution >= 4 is 44.9 Å². The van der Waals surface area contributed by atoms with E-state index in [1.807, 2.05) is 24.3 Å². The molecule has 0 N–H and O–H groups in total. The average molecular weight is 430 g/mol. The van der Waals surface area contributed by atoms with Crippen LogP contribution in [0.2, 0.25) is 0 Å². The Bertz CT molecular complexity index is 1570. The molecule has 2 aromatic heterocycles. The van der Waals surface area contributed by atoms with E-state index in [4.69, 9.17) is 17.6 Å². The number of hydrogen-bond donors (Lipinski definition) is 0. The van der Waals surface area contributed by atoms with E-state index in [0.29, 0.717) is 38.9 Å². The van der Waals surface area contributed by atoms with Gasteiger partial charge in [-0.05, 0) is 11.6 Å². The Morgan fingerprint density at radius 2 is 1.88 bits per heavy atom. The van der Waals surface area contributed by atoms with Gasteiger partial charge in [-0.1, -0.05) is 48.5 Å². The van der Waals surface area contributed by atoms with Crippen LogP contribution in [0.5, 0.6) is 0 Å². The summed E-state index contributed by atoms with van der Waals surface area (Å²) in [7, 11) is 0. The standard InChI is InChI=1S/C25H10N4O2S/c1-27-15-9-7-14(8-10-15)20-12-21-25(31-20)29-22(32-21)11-18-23(19(13-26)28-2)16-5-3-4-6-17(16)24(18)30/h3-12H/b18-11-,23-19-. The van der Waals surface area contributed by atoms with Crippen LogP contribution in [0.15, 0.2) is 70.3 Å². The number of furan rings is 1. The molecule has 0 saturated heterocycles. The van der Waals surface area contributed by atoms with Gasteiger partial charge in [-0.3, -0.25) is 4.79 Å². The fourth-order valence-electron chi connectivity index (χ4n) is 3.61. The van der Waals surface area contributed by atoms with E-state index in [9.17, 15) is 10.1 Å². The van der Waals surface area contributed by atoms with E-state index < -0.39 is 0 Å². The predicted molar refractivity (Wildman–Crippen MR) is 121 cm³/mol. The molecule has 148 valence electrons. The number of nitrogens with zero attached hydrogens (tertiary/aromatic N) is 4. The summed E-state index contributed by atoms with van der Waals surface area (Å²) in [4.78, 5) is 24.2. The van der Waals surface area contributed by atoms with Crippen LogP contribution < -0.4 is 0 Å². The monoisotopic (exact) mass is 430 g/mol. The molecule has 0 bridgehead atoms. The Hall–Kier alpha value is -4.77. The van der Waals surface area contributed by atoms with E-state index in [2.05, 4.69) is 14.7 Å². The van der Waals surface area contributed by atoms with Gasteiger partial charge in [0.25, 0.3) is 5.70 Å². The summed E-state index contributed by atoms with van der Waals surface area (Å²) in [6, 6.07) is 17.8. The second kappa shape index (κ2) is 7.49. The third-order valence-corrected chi connectivity index (χ3v) is 5.99. The Morgan fingerprint density at radius 3 is 2.53 bits per heavy atom. The van der Waals surface area contributed by atoms with Crippen molar-refractivity contribution in [1.82, 2.24) is 4.98 Å². The third kappa shape index (κ3) is 3.00. The first-order valence-electron chi connectivity index (χ1n) is 9.39. The Balaban J connectivity index is 1.58. The lowest BCUT2D eigenvalue weighted by atomic mass is 10.0. The lowest BCUT2D eigenvalue weighted by molar-refractivity contribution is 0.104. The second-order valence-corrected chi connectivity index (χ2v) is 7.93. The number of allylic oxidation sites excluding steroid dienone is 3. The van der Waals surface area contributed by atoms with Gasteiger partial charge < -0.3 is 4.42 Å². The largest absolute Gasteiger partial charge is 0.437 e. The fraction of sp³-hybridized carbons (Fsp3) is 0. The first-order valence-corrected chi connectivity index (χ1v) is 10.2. The number of carbonyl (C=O) groups excluding carboxylic acids is 1. The molecule has 0 amide bonds. The van der Waals surface area contributed by atoms with Crippen molar-refractivity contribution in [2.24, 2.45) is 0 Å². The molecule has 32 heavy (non-hydrogen) atoms. The minimum Gasteiger partial charge on any atom is -0.437 e. The normalized spacial score (nSPS) is 15.3. The molecular weight excluding hydrogens is 420 g/mol. The van der Waals surface area contributed by atoms with Gasteiger partial charge >= 0.3 is 0 Å². The van der Waals surface area contributed by atoms with Crippen molar-refractivity contribution in [3.8, 4) is 17.4 Å². The number of nitriles is 1. The van der Waals surface area contributed by atoms with Crippen molar-refractivity contribution < 1.29 is 9.21 Å². The summed E-state index contributed by atoms with van der Waals surface area (Å²) in [5.41, 5.74) is 3.38. The SMILES string of the molecule is [C-]#[N+]/C(C#N)=C1\C(=C\c2nc3oc(-c4ccc([N+]#[C-])cc4)cc3s2)C(=O)c2ccccc21. The van der Waals surface area contributed by atoms with Crippen molar-refractivity contribution in [3.05, 3.63) is 105 Å². The highest BCUT2D eigenvalue weighted by Crippen LogP contribution is 2.41. The van der Waals surface area contributed by atoms with Gasteiger partial charge in [0.1, 0.15) is 10.8 Å². The first kappa shape index (κ1) is 19.2. The highest BCUT2D eigenvalue weighted by atomic mass is 32.1. The summed E-state index contributed by atoms with van der Waals surface area (Å²) in [6.07, 6.45) is 1.62. The maximum absolute atomic E-state index is 13.0. The number of hydrogen-bond acceptors (Lipinski definition) is 5. The molecule has 0 fully saturated rings. The van der Waals surface area contributed by atoms with E-state index >= 15 is 0 Å². The molecule has 0 unspecified atom stereocenters. The van der Waals surface area contributed by atoms with Gasteiger partial charge in [0.15, 0.2) is 11.5 Å². The summed E-state index contributed by atoms with van der Waals surface area (Å²) in [6.45, 7) is 14.4. The Kier molecular flexibility index (Phi) is 4.49. The molecule has 0 spiro atoms. The molecule has 1 aliphatic carbocycles. The predicted octanol–water partition coefficient (Wildman–Crippen LogP) is 6.54. The van der Waals surface area contributed by atoms with E-state index in [1.54, 1.807) is 42.5 Å². The van der Waals surface area contributed by atoms with Gasteiger partial charge in [0, 0.05) is 28.3 Å². The fourth-order valence-corrected chi connectivity index (χ4v) is 4.48. The minimum absolute atomic E-state index is 0.125. The maximum Gasteiger partial charge on any atom is 0.270 e.